The summed E-state index contributed by atoms with van der Waals surface area (Å²) in [4.78, 5) is 26.0. The number of anilines is 2. The van der Waals surface area contributed by atoms with Crippen LogP contribution in [0.2, 0.25) is 0 Å². The summed E-state index contributed by atoms with van der Waals surface area (Å²) in [5, 5.41) is 2.85. The van der Waals surface area contributed by atoms with Crippen LogP contribution in [0.3, 0.4) is 0 Å². The molecule has 2 amide bonds. The van der Waals surface area contributed by atoms with Crippen molar-refractivity contribution in [2.75, 3.05) is 16.8 Å². The summed E-state index contributed by atoms with van der Waals surface area (Å²) < 4.78 is 13.0. The molecule has 4 nitrogen and oxygen atoms in total. The molecule has 0 aliphatic carbocycles. The van der Waals surface area contributed by atoms with E-state index in [1.54, 1.807) is 12.1 Å². The largest absolute Gasteiger partial charge is 0.326 e. The minimum atomic E-state index is -0.409. The fourth-order valence-corrected chi connectivity index (χ4v) is 2.72. The molecule has 1 heterocycles. The summed E-state index contributed by atoms with van der Waals surface area (Å²) >= 11 is 0. The van der Waals surface area contributed by atoms with Crippen molar-refractivity contribution in [3.8, 4) is 0 Å². The van der Waals surface area contributed by atoms with Crippen molar-refractivity contribution < 1.29 is 14.0 Å². The van der Waals surface area contributed by atoms with Gasteiger partial charge in [-0.2, -0.15) is 0 Å². The Kier molecular flexibility index (Phi) is 4.10. The van der Waals surface area contributed by atoms with Gasteiger partial charge in [-0.1, -0.05) is 12.1 Å². The predicted molar refractivity (Wildman–Crippen MR) is 86.7 cm³/mol. The fraction of sp³-hybridized carbons (Fsp3) is 0.222. The highest BCUT2D eigenvalue weighted by atomic mass is 19.1. The van der Waals surface area contributed by atoms with Gasteiger partial charge in [-0.25, -0.2) is 4.39 Å². The molecule has 1 aliphatic rings. The number of rotatable bonds is 3. The van der Waals surface area contributed by atoms with E-state index < -0.39 is 5.92 Å². The minimum Gasteiger partial charge on any atom is -0.326 e. The quantitative estimate of drug-likeness (QED) is 0.946. The predicted octanol–water partition coefficient (Wildman–Crippen LogP) is 3.13. The zero-order valence-electron chi connectivity index (χ0n) is 12.8. The van der Waals surface area contributed by atoms with Crippen LogP contribution in [0, 0.1) is 18.7 Å². The van der Waals surface area contributed by atoms with Crippen LogP contribution in [0.5, 0.6) is 0 Å². The molecule has 0 radical (unpaired) electrons. The third-order valence-electron chi connectivity index (χ3n) is 3.92. The summed E-state index contributed by atoms with van der Waals surface area (Å²) in [5.74, 6) is -1.06. The molecule has 23 heavy (non-hydrogen) atoms. The van der Waals surface area contributed by atoms with Gasteiger partial charge in [0, 0.05) is 24.3 Å². The average molecular weight is 312 g/mol. The molecule has 1 N–H and O–H groups in total. The van der Waals surface area contributed by atoms with E-state index in [2.05, 4.69) is 5.32 Å². The van der Waals surface area contributed by atoms with E-state index in [0.29, 0.717) is 12.2 Å². The number of carbonyl (C=O) groups is 2. The molecule has 1 fully saturated rings. The van der Waals surface area contributed by atoms with E-state index in [0.717, 1.165) is 11.3 Å². The molecular formula is C18H17FN2O2. The summed E-state index contributed by atoms with van der Waals surface area (Å²) in [6, 6.07) is 13.2. The normalized spacial score (nSPS) is 17.4. The number of hydrogen-bond donors (Lipinski definition) is 1. The van der Waals surface area contributed by atoms with E-state index in [4.69, 9.17) is 0 Å². The maximum Gasteiger partial charge on any atom is 0.229 e. The van der Waals surface area contributed by atoms with Gasteiger partial charge in [-0.15, -0.1) is 0 Å². The van der Waals surface area contributed by atoms with Gasteiger partial charge in [0.15, 0.2) is 0 Å². The monoisotopic (exact) mass is 312 g/mol. The molecular weight excluding hydrogens is 295 g/mol. The molecule has 0 bridgehead atoms. The van der Waals surface area contributed by atoms with Crippen LogP contribution >= 0.6 is 0 Å². The lowest BCUT2D eigenvalue weighted by atomic mass is 10.1. The molecule has 1 unspecified atom stereocenters. The Morgan fingerprint density at radius 2 is 1.96 bits per heavy atom. The van der Waals surface area contributed by atoms with Gasteiger partial charge >= 0.3 is 0 Å². The minimum absolute atomic E-state index is 0.124. The average Bonchev–Trinajstić information content (AvgIpc) is 2.90. The second kappa shape index (κ2) is 6.20. The maximum atomic E-state index is 13.0. The van der Waals surface area contributed by atoms with Crippen LogP contribution in [0.25, 0.3) is 0 Å². The van der Waals surface area contributed by atoms with Crippen molar-refractivity contribution in [1.29, 1.82) is 0 Å². The number of amides is 2. The molecule has 1 aliphatic heterocycles. The molecule has 1 saturated heterocycles. The third-order valence-corrected chi connectivity index (χ3v) is 3.92. The van der Waals surface area contributed by atoms with Crippen molar-refractivity contribution in [1.82, 2.24) is 0 Å². The first kappa shape index (κ1) is 15.2. The van der Waals surface area contributed by atoms with Gasteiger partial charge < -0.3 is 10.2 Å². The Morgan fingerprint density at radius 3 is 2.65 bits per heavy atom. The lowest BCUT2D eigenvalue weighted by Gasteiger charge is -2.16. The summed E-state index contributed by atoms with van der Waals surface area (Å²) in [5.41, 5.74) is 2.39. The van der Waals surface area contributed by atoms with E-state index in [9.17, 15) is 14.0 Å². The Bertz CT molecular complexity index is 743. The topological polar surface area (TPSA) is 49.4 Å². The molecule has 5 heteroatoms. The zero-order chi connectivity index (χ0) is 16.4. The summed E-state index contributed by atoms with van der Waals surface area (Å²) in [6.07, 6.45) is 0.162. The first-order valence-corrected chi connectivity index (χ1v) is 7.46. The number of nitrogens with zero attached hydrogens (tertiary/aromatic N) is 1. The first-order chi connectivity index (χ1) is 11.0. The number of halogens is 1. The van der Waals surface area contributed by atoms with Gasteiger partial charge in [0.05, 0.1) is 5.92 Å². The van der Waals surface area contributed by atoms with Crippen LogP contribution in [-0.2, 0) is 9.59 Å². The Balaban J connectivity index is 1.69. The van der Waals surface area contributed by atoms with Crippen molar-refractivity contribution in [3.05, 3.63) is 59.9 Å². The fourth-order valence-electron chi connectivity index (χ4n) is 2.72. The Hall–Kier alpha value is -2.69. The zero-order valence-corrected chi connectivity index (χ0v) is 12.8. The molecule has 2 aromatic carbocycles. The highest BCUT2D eigenvalue weighted by Gasteiger charge is 2.35. The van der Waals surface area contributed by atoms with Crippen LogP contribution < -0.4 is 10.2 Å². The number of hydrogen-bond acceptors (Lipinski definition) is 2. The number of carbonyl (C=O) groups excluding carboxylic acids is 2. The molecule has 0 saturated carbocycles. The maximum absolute atomic E-state index is 13.0. The van der Waals surface area contributed by atoms with Gasteiger partial charge in [-0.3, -0.25) is 9.59 Å². The number of benzene rings is 2. The van der Waals surface area contributed by atoms with Crippen molar-refractivity contribution in [3.63, 3.8) is 0 Å². The molecule has 3 rings (SSSR count). The van der Waals surface area contributed by atoms with Crippen molar-refractivity contribution in [2.24, 2.45) is 5.92 Å². The van der Waals surface area contributed by atoms with Crippen LogP contribution in [0.1, 0.15) is 12.0 Å². The van der Waals surface area contributed by atoms with Gasteiger partial charge in [0.25, 0.3) is 0 Å². The molecule has 0 spiro atoms. The molecule has 1 atom stereocenters. The van der Waals surface area contributed by atoms with E-state index in [-0.39, 0.29) is 24.1 Å². The van der Waals surface area contributed by atoms with Gasteiger partial charge in [-0.05, 0) is 48.9 Å². The van der Waals surface area contributed by atoms with Crippen LogP contribution in [0.15, 0.2) is 48.5 Å². The van der Waals surface area contributed by atoms with E-state index >= 15 is 0 Å². The van der Waals surface area contributed by atoms with Crippen LogP contribution in [-0.4, -0.2) is 18.4 Å². The lowest BCUT2D eigenvalue weighted by Crippen LogP contribution is -2.28. The highest BCUT2D eigenvalue weighted by Crippen LogP contribution is 2.26. The number of aryl methyl sites for hydroxylation is 1. The molecule has 0 aromatic heterocycles. The second-order valence-corrected chi connectivity index (χ2v) is 5.74. The van der Waals surface area contributed by atoms with Crippen molar-refractivity contribution in [2.45, 2.75) is 13.3 Å². The highest BCUT2D eigenvalue weighted by molar-refractivity contribution is 6.03. The second-order valence-electron chi connectivity index (χ2n) is 5.74. The van der Waals surface area contributed by atoms with Crippen LogP contribution in [0.4, 0.5) is 15.8 Å². The Labute approximate surface area is 133 Å². The molecule has 118 valence electrons. The van der Waals surface area contributed by atoms with E-state index in [1.807, 2.05) is 31.2 Å². The van der Waals surface area contributed by atoms with Gasteiger partial charge in [0.2, 0.25) is 11.8 Å². The van der Waals surface area contributed by atoms with E-state index in [1.165, 1.54) is 17.0 Å². The lowest BCUT2D eigenvalue weighted by molar-refractivity contribution is -0.122. The van der Waals surface area contributed by atoms with Gasteiger partial charge in [0.1, 0.15) is 5.82 Å². The first-order valence-electron chi connectivity index (χ1n) is 7.46. The summed E-state index contributed by atoms with van der Waals surface area (Å²) in [6.45, 7) is 2.26. The Morgan fingerprint density at radius 1 is 1.22 bits per heavy atom. The summed E-state index contributed by atoms with van der Waals surface area (Å²) in [7, 11) is 0. The molecule has 2 aromatic rings. The standard InChI is InChI=1S/C18H17FN2O2/c1-12-3-2-4-15(9-12)20-18(23)13-10-17(22)21(11-13)16-7-5-14(19)6-8-16/h2-9,13H,10-11H2,1H3,(H,20,23). The van der Waals surface area contributed by atoms with Crippen molar-refractivity contribution >= 4 is 23.2 Å². The SMILES string of the molecule is Cc1cccc(NC(=O)C2CC(=O)N(c3ccc(F)cc3)C2)c1. The smallest absolute Gasteiger partial charge is 0.229 e. The number of nitrogens with one attached hydrogen (secondary N) is 1. The third kappa shape index (κ3) is 3.39.